The molecule has 0 bridgehead atoms. The summed E-state index contributed by atoms with van der Waals surface area (Å²) in [5, 5.41) is 0. The van der Waals surface area contributed by atoms with Gasteiger partial charge in [-0.2, -0.15) is 0 Å². The van der Waals surface area contributed by atoms with Crippen LogP contribution in [0.5, 0.6) is 5.75 Å². The summed E-state index contributed by atoms with van der Waals surface area (Å²) in [5.41, 5.74) is 0.571. The molecule has 2 atom stereocenters. The summed E-state index contributed by atoms with van der Waals surface area (Å²) in [7, 11) is 0. The number of nitrogens with zero attached hydrogens (tertiary/aromatic N) is 1. The van der Waals surface area contributed by atoms with Gasteiger partial charge in [-0.3, -0.25) is 19.3 Å². The molecule has 1 saturated carbocycles. The molecule has 2 aliphatic rings. The van der Waals surface area contributed by atoms with Gasteiger partial charge in [0.05, 0.1) is 17.5 Å². The van der Waals surface area contributed by atoms with E-state index in [4.69, 9.17) is 4.74 Å². The van der Waals surface area contributed by atoms with Gasteiger partial charge in [0.25, 0.3) is 0 Å². The van der Waals surface area contributed by atoms with E-state index in [-0.39, 0.29) is 29.6 Å². The Hall–Kier alpha value is -2.17. The van der Waals surface area contributed by atoms with E-state index in [1.807, 2.05) is 0 Å². The number of hydrogen-bond donors (Lipinski definition) is 0. The summed E-state index contributed by atoms with van der Waals surface area (Å²) in [6.07, 6.45) is 12.2. The third-order valence-corrected chi connectivity index (χ3v) is 6.15. The number of fused-ring (bicyclic) bond motifs is 1. The molecule has 29 heavy (non-hydrogen) atoms. The van der Waals surface area contributed by atoms with Gasteiger partial charge in [-0.15, -0.1) is 0 Å². The predicted octanol–water partition coefficient (Wildman–Crippen LogP) is 5.41. The third-order valence-electron chi connectivity index (χ3n) is 6.15. The number of amides is 2. The number of ether oxygens (including phenoxy) is 1. The first-order valence-electron chi connectivity index (χ1n) is 11.3. The largest absolute Gasteiger partial charge is 0.427 e. The quantitative estimate of drug-likeness (QED) is 0.228. The summed E-state index contributed by atoms with van der Waals surface area (Å²) in [4.78, 5) is 38.7. The molecule has 0 radical (unpaired) electrons. The van der Waals surface area contributed by atoms with E-state index in [0.717, 1.165) is 38.5 Å². The summed E-state index contributed by atoms with van der Waals surface area (Å²) in [6.45, 7) is 2.20. The molecule has 1 aliphatic heterocycles. The van der Waals surface area contributed by atoms with Crippen molar-refractivity contribution in [2.45, 2.75) is 84.0 Å². The lowest BCUT2D eigenvalue weighted by molar-refractivity contribution is -0.134. The molecule has 3 rings (SSSR count). The second-order valence-corrected chi connectivity index (χ2v) is 8.35. The molecule has 0 N–H and O–H groups in total. The third kappa shape index (κ3) is 5.46. The van der Waals surface area contributed by atoms with Gasteiger partial charge >= 0.3 is 5.97 Å². The van der Waals surface area contributed by atoms with Crippen molar-refractivity contribution in [3.8, 4) is 5.75 Å². The minimum atomic E-state index is -0.231. The lowest BCUT2D eigenvalue weighted by Gasteiger charge is -2.19. The molecule has 0 unspecified atom stereocenters. The molecule has 5 nitrogen and oxygen atoms in total. The predicted molar refractivity (Wildman–Crippen MR) is 113 cm³/mol. The van der Waals surface area contributed by atoms with Gasteiger partial charge in [-0.1, -0.05) is 58.3 Å². The second-order valence-electron chi connectivity index (χ2n) is 8.35. The zero-order valence-corrected chi connectivity index (χ0v) is 17.5. The maximum atomic E-state index is 12.7. The van der Waals surface area contributed by atoms with Crippen molar-refractivity contribution in [2.24, 2.45) is 11.8 Å². The van der Waals surface area contributed by atoms with Crippen LogP contribution in [0.3, 0.4) is 0 Å². The highest BCUT2D eigenvalue weighted by molar-refractivity contribution is 6.22. The molecular weight excluding hydrogens is 366 g/mol. The van der Waals surface area contributed by atoms with Gasteiger partial charge in [-0.25, -0.2) is 0 Å². The van der Waals surface area contributed by atoms with Gasteiger partial charge in [0.2, 0.25) is 11.8 Å². The van der Waals surface area contributed by atoms with Crippen molar-refractivity contribution in [3.63, 3.8) is 0 Å². The van der Waals surface area contributed by atoms with Crippen molar-refractivity contribution < 1.29 is 19.1 Å². The van der Waals surface area contributed by atoms with Crippen LogP contribution in [0.4, 0.5) is 5.69 Å². The second kappa shape index (κ2) is 10.6. The van der Waals surface area contributed by atoms with Crippen molar-refractivity contribution in [2.75, 3.05) is 4.90 Å². The molecule has 5 heteroatoms. The average molecular weight is 400 g/mol. The number of carbonyl (C=O) groups excluding carboxylic acids is 3. The average Bonchev–Trinajstić information content (AvgIpc) is 2.99. The van der Waals surface area contributed by atoms with Gasteiger partial charge in [0.1, 0.15) is 5.75 Å². The molecule has 1 aliphatic carbocycles. The zero-order chi connectivity index (χ0) is 20.6. The van der Waals surface area contributed by atoms with Crippen LogP contribution < -0.4 is 9.64 Å². The van der Waals surface area contributed by atoms with Crippen molar-refractivity contribution in [1.82, 2.24) is 0 Å². The first-order chi connectivity index (χ1) is 14.1. The number of hydrogen-bond acceptors (Lipinski definition) is 4. The highest BCUT2D eigenvalue weighted by Crippen LogP contribution is 2.40. The lowest BCUT2D eigenvalue weighted by atomic mass is 9.81. The van der Waals surface area contributed by atoms with Gasteiger partial charge in [0, 0.05) is 6.42 Å². The summed E-state index contributed by atoms with van der Waals surface area (Å²) < 4.78 is 5.40. The SMILES string of the molecule is CCCCCCCCCC(=O)Oc1ccc(N2C(=O)[C@H]3CCCC[C@@H]3C2=O)cc1. The maximum Gasteiger partial charge on any atom is 0.311 e. The molecule has 2 amide bonds. The van der Waals surface area contributed by atoms with Crippen molar-refractivity contribution in [3.05, 3.63) is 24.3 Å². The Balaban J connectivity index is 1.46. The standard InChI is InChI=1S/C24H33NO4/c1-2-3-4-5-6-7-8-13-22(26)29-19-16-14-18(15-17-19)25-23(27)20-11-9-10-12-21(20)24(25)28/h14-17,20-21H,2-13H2,1H3/t20-,21-/m0/s1. The first kappa shape index (κ1) is 21.5. The van der Waals surface area contributed by atoms with E-state index in [1.165, 1.54) is 37.0 Å². The molecule has 158 valence electrons. The molecule has 1 saturated heterocycles. The van der Waals surface area contributed by atoms with E-state index in [9.17, 15) is 14.4 Å². The Labute approximate surface area is 173 Å². The number of rotatable bonds is 10. The molecule has 1 aromatic rings. The molecule has 0 aromatic heterocycles. The molecule has 1 heterocycles. The van der Waals surface area contributed by atoms with Gasteiger partial charge in [0.15, 0.2) is 0 Å². The van der Waals surface area contributed by atoms with Crippen LogP contribution in [0, 0.1) is 11.8 Å². The Morgan fingerprint density at radius 2 is 1.45 bits per heavy atom. The van der Waals surface area contributed by atoms with Crippen LogP contribution in [-0.4, -0.2) is 17.8 Å². The van der Waals surface area contributed by atoms with Gasteiger partial charge < -0.3 is 4.74 Å². The van der Waals surface area contributed by atoms with Crippen LogP contribution in [0.2, 0.25) is 0 Å². The Morgan fingerprint density at radius 1 is 0.897 bits per heavy atom. The van der Waals surface area contributed by atoms with Crippen molar-refractivity contribution >= 4 is 23.5 Å². The van der Waals surface area contributed by atoms with Crippen LogP contribution >= 0.6 is 0 Å². The number of imide groups is 1. The number of benzene rings is 1. The number of unbranched alkanes of at least 4 members (excludes halogenated alkanes) is 6. The van der Waals surface area contributed by atoms with E-state index >= 15 is 0 Å². The van der Waals surface area contributed by atoms with Crippen LogP contribution in [0.1, 0.15) is 84.0 Å². The highest BCUT2D eigenvalue weighted by Gasteiger charge is 2.48. The molecular formula is C24H33NO4. The molecule has 0 spiro atoms. The maximum absolute atomic E-state index is 12.7. The Morgan fingerprint density at radius 3 is 2.03 bits per heavy atom. The Bertz CT molecular complexity index is 688. The summed E-state index contributed by atoms with van der Waals surface area (Å²) in [6, 6.07) is 6.73. The summed E-state index contributed by atoms with van der Waals surface area (Å²) in [5.74, 6) is -0.248. The van der Waals surface area contributed by atoms with Crippen LogP contribution in [-0.2, 0) is 14.4 Å². The number of anilines is 1. The summed E-state index contributed by atoms with van der Waals surface area (Å²) >= 11 is 0. The van der Waals surface area contributed by atoms with Crippen LogP contribution in [0.15, 0.2) is 24.3 Å². The number of esters is 1. The minimum Gasteiger partial charge on any atom is -0.427 e. The fourth-order valence-corrected chi connectivity index (χ4v) is 4.49. The lowest BCUT2D eigenvalue weighted by Crippen LogP contribution is -2.30. The van der Waals surface area contributed by atoms with E-state index in [1.54, 1.807) is 24.3 Å². The monoisotopic (exact) mass is 399 g/mol. The number of carbonyl (C=O) groups is 3. The molecule has 1 aromatic carbocycles. The topological polar surface area (TPSA) is 63.7 Å². The molecule has 2 fully saturated rings. The van der Waals surface area contributed by atoms with E-state index in [0.29, 0.717) is 17.9 Å². The minimum absolute atomic E-state index is 0.0802. The first-order valence-corrected chi connectivity index (χ1v) is 11.3. The zero-order valence-electron chi connectivity index (χ0n) is 17.5. The Kier molecular flexibility index (Phi) is 7.84. The fourth-order valence-electron chi connectivity index (χ4n) is 4.49. The smallest absolute Gasteiger partial charge is 0.311 e. The van der Waals surface area contributed by atoms with Crippen molar-refractivity contribution in [1.29, 1.82) is 0 Å². The van der Waals surface area contributed by atoms with E-state index < -0.39 is 0 Å². The normalized spacial score (nSPS) is 21.3. The van der Waals surface area contributed by atoms with E-state index in [2.05, 4.69) is 6.92 Å². The fraction of sp³-hybridized carbons (Fsp3) is 0.625. The van der Waals surface area contributed by atoms with Gasteiger partial charge in [-0.05, 0) is 43.5 Å². The van der Waals surface area contributed by atoms with Crippen LogP contribution in [0.25, 0.3) is 0 Å². The highest BCUT2D eigenvalue weighted by atomic mass is 16.5.